The Balaban J connectivity index is 1.37. The van der Waals surface area contributed by atoms with E-state index in [1.807, 2.05) is 0 Å². The molecule has 5 rings (SSSR count). The molecule has 0 amide bonds. The number of rotatable bonds is 3. The van der Waals surface area contributed by atoms with Crippen LogP contribution in [0.15, 0.2) is 24.3 Å². The van der Waals surface area contributed by atoms with E-state index >= 15 is 0 Å². The lowest BCUT2D eigenvalue weighted by Crippen LogP contribution is -2.54. The van der Waals surface area contributed by atoms with Crippen LogP contribution in [0.1, 0.15) is 90.0 Å². The Morgan fingerprint density at radius 1 is 0.900 bits per heavy atom. The topological polar surface area (TPSA) is 29.5 Å². The number of aliphatic hydroxyl groups is 1. The Labute approximate surface area is 183 Å². The first-order valence-corrected chi connectivity index (χ1v) is 12.7. The van der Waals surface area contributed by atoms with Crippen molar-refractivity contribution in [2.75, 3.05) is 7.11 Å². The van der Waals surface area contributed by atoms with Crippen LogP contribution in [0.2, 0.25) is 0 Å². The fourth-order valence-corrected chi connectivity index (χ4v) is 9.24. The Bertz CT molecular complexity index is 756. The molecule has 4 aliphatic rings. The predicted molar refractivity (Wildman–Crippen MR) is 123 cm³/mol. The lowest BCUT2D eigenvalue weighted by atomic mass is 9.44. The largest absolute Gasteiger partial charge is 0.497 e. The van der Waals surface area contributed by atoms with Gasteiger partial charge in [-0.15, -0.1) is 0 Å². The molecule has 0 unspecified atom stereocenters. The zero-order valence-electron chi connectivity index (χ0n) is 19.6. The van der Waals surface area contributed by atoms with Gasteiger partial charge in [0.2, 0.25) is 0 Å². The molecule has 166 valence electrons. The molecule has 0 bridgehead atoms. The number of ether oxygens (including phenoxy) is 1. The van der Waals surface area contributed by atoms with Gasteiger partial charge in [0.05, 0.1) is 13.2 Å². The normalized spacial score (nSPS) is 46.4. The van der Waals surface area contributed by atoms with Crippen LogP contribution in [0, 0.1) is 40.4 Å². The third-order valence-electron chi connectivity index (χ3n) is 11.0. The van der Waals surface area contributed by atoms with E-state index < -0.39 is 0 Å². The second kappa shape index (κ2) is 7.54. The van der Waals surface area contributed by atoms with Gasteiger partial charge in [-0.25, -0.2) is 0 Å². The molecule has 0 aromatic heterocycles. The van der Waals surface area contributed by atoms with Crippen LogP contribution < -0.4 is 4.74 Å². The van der Waals surface area contributed by atoms with E-state index in [9.17, 15) is 5.11 Å². The molecule has 2 heteroatoms. The van der Waals surface area contributed by atoms with Crippen LogP contribution in [0.5, 0.6) is 5.75 Å². The zero-order chi connectivity index (χ0) is 21.1. The van der Waals surface area contributed by atoms with E-state index in [1.165, 1.54) is 50.5 Å². The number of hydrogen-bond donors (Lipinski definition) is 1. The molecule has 1 N–H and O–H groups in total. The van der Waals surface area contributed by atoms with E-state index in [4.69, 9.17) is 4.74 Å². The summed E-state index contributed by atoms with van der Waals surface area (Å²) in [6.45, 7) is 7.74. The highest BCUT2D eigenvalue weighted by atomic mass is 16.5. The monoisotopic (exact) mass is 410 g/mol. The average Bonchev–Trinajstić information content (AvgIpc) is 3.11. The third kappa shape index (κ3) is 3.07. The second-order valence-electron chi connectivity index (χ2n) is 11.9. The lowest BCUT2D eigenvalue weighted by molar-refractivity contribution is -0.127. The molecule has 0 radical (unpaired) electrons. The quantitative estimate of drug-likeness (QED) is 0.592. The number of benzene rings is 1. The molecular weight excluding hydrogens is 368 g/mol. The van der Waals surface area contributed by atoms with Gasteiger partial charge in [0, 0.05) is 0 Å². The van der Waals surface area contributed by atoms with Crippen LogP contribution in [-0.2, 0) is 0 Å². The molecule has 0 heterocycles. The van der Waals surface area contributed by atoms with Gasteiger partial charge in [-0.2, -0.15) is 0 Å². The predicted octanol–water partition coefficient (Wildman–Crippen LogP) is 6.82. The Morgan fingerprint density at radius 3 is 2.33 bits per heavy atom. The van der Waals surface area contributed by atoms with Crippen molar-refractivity contribution in [1.82, 2.24) is 0 Å². The van der Waals surface area contributed by atoms with Crippen LogP contribution in [0.4, 0.5) is 0 Å². The van der Waals surface area contributed by atoms with Crippen molar-refractivity contribution >= 4 is 0 Å². The number of fused-ring (bicyclic) bond motifs is 5. The van der Waals surface area contributed by atoms with E-state index in [1.54, 1.807) is 7.11 Å². The maximum Gasteiger partial charge on any atom is 0.118 e. The first-order chi connectivity index (χ1) is 14.4. The van der Waals surface area contributed by atoms with Crippen molar-refractivity contribution in [2.45, 2.75) is 90.6 Å². The maximum absolute atomic E-state index is 10.3. The molecule has 9 atom stereocenters. The summed E-state index contributed by atoms with van der Waals surface area (Å²) in [6.07, 6.45) is 11.8. The number of methoxy groups -OCH3 is 1. The highest BCUT2D eigenvalue weighted by Gasteiger charge is 2.60. The molecule has 4 saturated carbocycles. The highest BCUT2D eigenvalue weighted by molar-refractivity contribution is 5.30. The lowest BCUT2D eigenvalue weighted by Gasteiger charge is -2.61. The Hall–Kier alpha value is -1.02. The zero-order valence-corrected chi connectivity index (χ0v) is 19.6. The van der Waals surface area contributed by atoms with Gasteiger partial charge in [-0.05, 0) is 122 Å². The van der Waals surface area contributed by atoms with Gasteiger partial charge in [0.15, 0.2) is 0 Å². The summed E-state index contributed by atoms with van der Waals surface area (Å²) in [5, 5.41) is 10.3. The third-order valence-corrected chi connectivity index (χ3v) is 11.0. The van der Waals surface area contributed by atoms with E-state index in [0.29, 0.717) is 16.7 Å². The maximum atomic E-state index is 10.3. The van der Waals surface area contributed by atoms with Crippen LogP contribution in [-0.4, -0.2) is 18.3 Å². The molecule has 4 fully saturated rings. The fraction of sp³-hybridized carbons (Fsp3) is 0.786. The van der Waals surface area contributed by atoms with Crippen molar-refractivity contribution in [3.63, 3.8) is 0 Å². The average molecular weight is 411 g/mol. The van der Waals surface area contributed by atoms with Gasteiger partial charge in [-0.3, -0.25) is 0 Å². The standard InChI is InChI=1S/C28H42O2/c1-18(19-5-8-22(30-4)9-6-19)24-11-12-25-23-10-7-20-17-21(29)13-15-27(20,2)26(23)14-16-28(24,25)3/h5-6,8-9,18,20-21,23-26,29H,7,10-17H2,1-4H3/t18-,20+,21+,23+,24-,25+,26+,27+,28-/m1/s1. The highest BCUT2D eigenvalue weighted by Crippen LogP contribution is 2.68. The molecule has 0 aliphatic heterocycles. The molecule has 30 heavy (non-hydrogen) atoms. The summed E-state index contributed by atoms with van der Waals surface area (Å²) in [5.74, 6) is 5.89. The van der Waals surface area contributed by atoms with Gasteiger partial charge in [-0.1, -0.05) is 32.9 Å². The van der Waals surface area contributed by atoms with Crippen molar-refractivity contribution in [3.05, 3.63) is 29.8 Å². The number of hydrogen-bond acceptors (Lipinski definition) is 2. The van der Waals surface area contributed by atoms with Gasteiger partial charge in [0.25, 0.3) is 0 Å². The van der Waals surface area contributed by atoms with Crippen molar-refractivity contribution in [1.29, 1.82) is 0 Å². The minimum absolute atomic E-state index is 0.0327. The molecule has 2 nitrogen and oxygen atoms in total. The van der Waals surface area contributed by atoms with E-state index in [2.05, 4.69) is 45.0 Å². The molecule has 0 saturated heterocycles. The van der Waals surface area contributed by atoms with Gasteiger partial charge >= 0.3 is 0 Å². The number of aliphatic hydroxyl groups excluding tert-OH is 1. The van der Waals surface area contributed by atoms with E-state index in [-0.39, 0.29) is 6.10 Å². The first kappa shape index (κ1) is 20.9. The van der Waals surface area contributed by atoms with Crippen molar-refractivity contribution < 1.29 is 9.84 Å². The minimum atomic E-state index is -0.0327. The van der Waals surface area contributed by atoms with Gasteiger partial charge in [0.1, 0.15) is 5.75 Å². The smallest absolute Gasteiger partial charge is 0.118 e. The van der Waals surface area contributed by atoms with Crippen molar-refractivity contribution in [3.8, 4) is 5.75 Å². The van der Waals surface area contributed by atoms with Crippen LogP contribution >= 0.6 is 0 Å². The van der Waals surface area contributed by atoms with Crippen molar-refractivity contribution in [2.24, 2.45) is 40.4 Å². The molecule has 1 aromatic rings. The summed E-state index contributed by atoms with van der Waals surface area (Å²) >= 11 is 0. The summed E-state index contributed by atoms with van der Waals surface area (Å²) in [4.78, 5) is 0. The van der Waals surface area contributed by atoms with Crippen LogP contribution in [0.3, 0.4) is 0 Å². The second-order valence-corrected chi connectivity index (χ2v) is 11.9. The summed E-state index contributed by atoms with van der Waals surface area (Å²) in [6, 6.07) is 8.87. The summed E-state index contributed by atoms with van der Waals surface area (Å²) < 4.78 is 5.38. The molecular formula is C28H42O2. The van der Waals surface area contributed by atoms with Gasteiger partial charge < -0.3 is 9.84 Å². The minimum Gasteiger partial charge on any atom is -0.497 e. The Morgan fingerprint density at radius 2 is 1.60 bits per heavy atom. The molecule has 1 aromatic carbocycles. The SMILES string of the molecule is COc1ccc([C@@H](C)[C@H]2CC[C@H]3[C@@H]4CC[C@H]5C[C@@H](O)CC[C@]5(C)[C@H]4CC[C@]23C)cc1. The molecule has 0 spiro atoms. The first-order valence-electron chi connectivity index (χ1n) is 12.7. The summed E-state index contributed by atoms with van der Waals surface area (Å²) in [7, 11) is 1.75. The van der Waals surface area contributed by atoms with E-state index in [0.717, 1.165) is 48.2 Å². The molecule has 4 aliphatic carbocycles. The fourth-order valence-electron chi connectivity index (χ4n) is 9.24. The van der Waals surface area contributed by atoms with Crippen LogP contribution in [0.25, 0.3) is 0 Å². The summed E-state index contributed by atoms with van der Waals surface area (Å²) in [5.41, 5.74) is 2.47. The Kier molecular flexibility index (Phi) is 5.24.